The number of aliphatic hydroxyl groups excluding tert-OH is 8. The van der Waals surface area contributed by atoms with Crippen LogP contribution in [0.15, 0.2) is 84.9 Å². The fourth-order valence-electron chi connectivity index (χ4n) is 5.69. The van der Waals surface area contributed by atoms with Crippen LogP contribution in [0, 0.1) is 0 Å². The van der Waals surface area contributed by atoms with E-state index in [-0.39, 0.29) is 34.5 Å². The van der Waals surface area contributed by atoms with Crippen molar-refractivity contribution in [2.24, 2.45) is 0 Å². The first kappa shape index (κ1) is 41.9. The van der Waals surface area contributed by atoms with Crippen LogP contribution in [-0.2, 0) is 9.47 Å². The van der Waals surface area contributed by atoms with Crippen molar-refractivity contribution in [3.63, 3.8) is 0 Å². The number of benzene rings is 4. The van der Waals surface area contributed by atoms with Crippen molar-refractivity contribution in [3.8, 4) is 34.5 Å². The largest absolute Gasteiger partial charge is 0.508 e. The molecule has 4 aromatic carbocycles. The lowest BCUT2D eigenvalue weighted by molar-refractivity contribution is -0.277. The van der Waals surface area contributed by atoms with Crippen molar-refractivity contribution >= 4 is 24.3 Å². The fourth-order valence-corrected chi connectivity index (χ4v) is 5.69. The molecule has 56 heavy (non-hydrogen) atoms. The Hall–Kier alpha value is -5.24. The minimum Gasteiger partial charge on any atom is -0.508 e. The molecule has 16 nitrogen and oxygen atoms in total. The summed E-state index contributed by atoms with van der Waals surface area (Å²) in [5.41, 5.74) is 2.84. The monoisotopic (exact) mass is 780 g/mol. The van der Waals surface area contributed by atoms with Gasteiger partial charge in [-0.15, -0.1) is 0 Å². The maximum absolute atomic E-state index is 10.1. The predicted molar refractivity (Wildman–Crippen MR) is 199 cm³/mol. The zero-order valence-corrected chi connectivity index (χ0v) is 29.6. The summed E-state index contributed by atoms with van der Waals surface area (Å²) in [6, 6.07) is 21.9. The molecule has 0 amide bonds. The number of rotatable bonds is 10. The van der Waals surface area contributed by atoms with E-state index in [1.807, 2.05) is 0 Å². The first-order valence-corrected chi connectivity index (χ1v) is 17.3. The second kappa shape index (κ2) is 19.1. The molecule has 10 atom stereocenters. The lowest BCUT2D eigenvalue weighted by atomic mass is 9.99. The second-order valence-electron chi connectivity index (χ2n) is 13.0. The SMILES string of the molecule is OCC1O[C@@H](Oc2cc(O)cc(/C=C/c3ccc(O)cc3)c2)C(O)C(O)[C@@H]1O.OCC1O[C@@H](Oc2cc(O)cc(/C=C\c3ccc(O)cc3)c2)C(O)C(O)[C@@H]1O. The number of aliphatic hydroxyl groups is 8. The van der Waals surface area contributed by atoms with Crippen molar-refractivity contribution < 1.29 is 80.2 Å². The Bertz CT molecular complexity index is 1770. The molecule has 300 valence electrons. The number of phenolic OH excluding ortho intramolecular Hbond substituents is 4. The topological polar surface area (TPSA) is 280 Å². The average molecular weight is 781 g/mol. The number of aromatic hydroxyl groups is 4. The van der Waals surface area contributed by atoms with E-state index in [1.54, 1.807) is 85.0 Å². The minimum atomic E-state index is -1.55. The molecule has 0 aromatic heterocycles. The van der Waals surface area contributed by atoms with E-state index in [4.69, 9.17) is 18.9 Å². The summed E-state index contributed by atoms with van der Waals surface area (Å²) in [4.78, 5) is 0. The highest BCUT2D eigenvalue weighted by Crippen LogP contribution is 2.30. The lowest BCUT2D eigenvalue weighted by Gasteiger charge is -2.39. The maximum Gasteiger partial charge on any atom is 0.229 e. The van der Waals surface area contributed by atoms with Gasteiger partial charge in [0.1, 0.15) is 83.3 Å². The Kier molecular flexibility index (Phi) is 14.3. The van der Waals surface area contributed by atoms with E-state index in [1.165, 1.54) is 24.3 Å². The van der Waals surface area contributed by atoms with Gasteiger partial charge in [0.2, 0.25) is 12.6 Å². The molecular weight excluding hydrogens is 736 g/mol. The molecule has 2 fully saturated rings. The van der Waals surface area contributed by atoms with Crippen LogP contribution in [0.4, 0.5) is 0 Å². The molecule has 0 bridgehead atoms. The summed E-state index contributed by atoms with van der Waals surface area (Å²) in [6.07, 6.45) is -7.05. The number of hydrogen-bond donors (Lipinski definition) is 12. The quantitative estimate of drug-likeness (QED) is 0.0996. The van der Waals surface area contributed by atoms with E-state index in [0.717, 1.165) is 11.1 Å². The third-order valence-corrected chi connectivity index (χ3v) is 8.75. The smallest absolute Gasteiger partial charge is 0.229 e. The third kappa shape index (κ3) is 11.0. The second-order valence-corrected chi connectivity index (χ2v) is 13.0. The molecule has 6 unspecified atom stereocenters. The van der Waals surface area contributed by atoms with Crippen LogP contribution in [0.5, 0.6) is 34.5 Å². The van der Waals surface area contributed by atoms with Crippen molar-refractivity contribution in [2.75, 3.05) is 13.2 Å². The zero-order chi connectivity index (χ0) is 40.5. The van der Waals surface area contributed by atoms with Crippen LogP contribution in [-0.4, -0.2) is 136 Å². The molecule has 0 saturated carbocycles. The summed E-state index contributed by atoms with van der Waals surface area (Å²) in [6.45, 7) is -1.13. The molecule has 0 aliphatic carbocycles. The van der Waals surface area contributed by atoms with Crippen LogP contribution in [0.3, 0.4) is 0 Å². The molecule has 12 N–H and O–H groups in total. The van der Waals surface area contributed by atoms with Gasteiger partial charge in [-0.05, 0) is 70.8 Å². The summed E-state index contributed by atoms with van der Waals surface area (Å²) in [5.74, 6) is 0.457. The van der Waals surface area contributed by atoms with Crippen LogP contribution < -0.4 is 9.47 Å². The molecule has 2 aliphatic rings. The Morgan fingerprint density at radius 2 is 0.750 bits per heavy atom. The molecule has 2 aliphatic heterocycles. The van der Waals surface area contributed by atoms with Crippen LogP contribution >= 0.6 is 0 Å². The minimum absolute atomic E-state index is 0.0903. The third-order valence-electron chi connectivity index (χ3n) is 8.75. The van der Waals surface area contributed by atoms with E-state index in [9.17, 15) is 61.3 Å². The molecule has 0 spiro atoms. The van der Waals surface area contributed by atoms with Crippen molar-refractivity contribution in [2.45, 2.75) is 61.4 Å². The predicted octanol–water partition coefficient (Wildman–Crippen LogP) is 0.894. The molecule has 2 saturated heterocycles. The average Bonchev–Trinajstić information content (AvgIpc) is 3.18. The summed E-state index contributed by atoms with van der Waals surface area (Å²) < 4.78 is 21.7. The van der Waals surface area contributed by atoms with Crippen molar-refractivity contribution in [1.82, 2.24) is 0 Å². The number of phenols is 4. The Labute approximate surface area is 320 Å². The first-order chi connectivity index (χ1) is 26.7. The lowest BCUT2D eigenvalue weighted by Crippen LogP contribution is -2.60. The normalized spacial score (nSPS) is 27.8. The molecule has 0 radical (unpaired) electrons. The summed E-state index contributed by atoms with van der Waals surface area (Å²) >= 11 is 0. The van der Waals surface area contributed by atoms with Gasteiger partial charge in [-0.1, -0.05) is 48.6 Å². The zero-order valence-electron chi connectivity index (χ0n) is 29.6. The van der Waals surface area contributed by atoms with E-state index in [0.29, 0.717) is 11.1 Å². The fraction of sp³-hybridized carbons (Fsp3) is 0.300. The Morgan fingerprint density at radius 3 is 1.09 bits per heavy atom. The van der Waals surface area contributed by atoms with Gasteiger partial charge in [0.15, 0.2) is 0 Å². The summed E-state index contributed by atoms with van der Waals surface area (Å²) in [5, 5.41) is 116. The van der Waals surface area contributed by atoms with Gasteiger partial charge in [0.05, 0.1) is 13.2 Å². The number of hydrogen-bond acceptors (Lipinski definition) is 16. The Morgan fingerprint density at radius 1 is 0.411 bits per heavy atom. The van der Waals surface area contributed by atoms with Gasteiger partial charge < -0.3 is 80.2 Å². The van der Waals surface area contributed by atoms with Crippen molar-refractivity contribution in [1.29, 1.82) is 0 Å². The highest BCUT2D eigenvalue weighted by molar-refractivity contribution is 5.72. The van der Waals surface area contributed by atoms with Gasteiger partial charge in [-0.3, -0.25) is 0 Å². The number of ether oxygens (including phenoxy) is 4. The van der Waals surface area contributed by atoms with E-state index < -0.39 is 74.6 Å². The highest BCUT2D eigenvalue weighted by Gasteiger charge is 2.45. The molecular formula is C40H44O16. The van der Waals surface area contributed by atoms with E-state index in [2.05, 4.69) is 0 Å². The van der Waals surface area contributed by atoms with Gasteiger partial charge in [0, 0.05) is 12.1 Å². The van der Waals surface area contributed by atoms with Crippen LogP contribution in [0.25, 0.3) is 24.3 Å². The highest BCUT2D eigenvalue weighted by atomic mass is 16.7. The van der Waals surface area contributed by atoms with Crippen LogP contribution in [0.1, 0.15) is 22.3 Å². The maximum atomic E-state index is 10.1. The molecule has 4 aromatic rings. The van der Waals surface area contributed by atoms with Gasteiger partial charge in [-0.2, -0.15) is 0 Å². The molecule has 2 heterocycles. The molecule has 16 heteroatoms. The van der Waals surface area contributed by atoms with Gasteiger partial charge in [-0.25, -0.2) is 0 Å². The summed E-state index contributed by atoms with van der Waals surface area (Å²) in [7, 11) is 0. The standard InChI is InChI=1S/2C20H22O8/c2*21-10-16-17(24)18(25)19(26)20(28-16)27-15-8-12(7-14(23)9-15)2-1-11-3-5-13(22)6-4-11/h2*1-9,16-26H,10H2/b2-1+;2-1-/t2*16?,17-,18?,19?,20-/m11/s1. The van der Waals surface area contributed by atoms with Gasteiger partial charge in [0.25, 0.3) is 0 Å². The molecule has 6 rings (SSSR count). The van der Waals surface area contributed by atoms with Crippen LogP contribution in [0.2, 0.25) is 0 Å². The van der Waals surface area contributed by atoms with Gasteiger partial charge >= 0.3 is 0 Å². The van der Waals surface area contributed by atoms with Crippen molar-refractivity contribution in [3.05, 3.63) is 107 Å². The van der Waals surface area contributed by atoms with E-state index >= 15 is 0 Å². The first-order valence-electron chi connectivity index (χ1n) is 17.3. The Balaban J connectivity index is 0.000000214.